The van der Waals surface area contributed by atoms with Crippen LogP contribution in [0.3, 0.4) is 0 Å². The van der Waals surface area contributed by atoms with Crippen LogP contribution in [-0.4, -0.2) is 11.9 Å². The third-order valence-corrected chi connectivity index (χ3v) is 5.45. The molecular formula is C19H18Cl3NO. The largest absolute Gasteiger partial charge is 0.349 e. The van der Waals surface area contributed by atoms with Crippen molar-refractivity contribution in [2.45, 2.75) is 37.6 Å². The van der Waals surface area contributed by atoms with Gasteiger partial charge in [-0.25, -0.2) is 0 Å². The molecule has 2 atom stereocenters. The van der Waals surface area contributed by atoms with Gasteiger partial charge in [-0.3, -0.25) is 4.79 Å². The molecular weight excluding hydrogens is 365 g/mol. The summed E-state index contributed by atoms with van der Waals surface area (Å²) in [5.74, 6) is 0.0533. The van der Waals surface area contributed by atoms with Crippen LogP contribution in [0.5, 0.6) is 0 Å². The minimum Gasteiger partial charge on any atom is -0.349 e. The Morgan fingerprint density at radius 3 is 2.46 bits per heavy atom. The molecule has 2 aromatic carbocycles. The lowest BCUT2D eigenvalue weighted by Crippen LogP contribution is -2.41. The standard InChI is InChI=1S/C19H18Cl3NO/c20-12-9-10-13(17(22)11-12)14-5-2-4-8-18(14)23-19(24)15-6-1-3-7-16(15)21/h1,3,6-7,9-11,14,18H,2,4-5,8H2,(H,23,24)/t14-,18-/m1/s1. The maximum Gasteiger partial charge on any atom is 0.253 e. The first-order valence-electron chi connectivity index (χ1n) is 8.06. The quantitative estimate of drug-likeness (QED) is 0.682. The molecule has 0 radical (unpaired) electrons. The molecule has 0 unspecified atom stereocenters. The highest BCUT2D eigenvalue weighted by molar-refractivity contribution is 6.35. The van der Waals surface area contributed by atoms with Crippen LogP contribution < -0.4 is 5.32 Å². The van der Waals surface area contributed by atoms with E-state index in [0.717, 1.165) is 31.2 Å². The summed E-state index contributed by atoms with van der Waals surface area (Å²) >= 11 is 18.5. The van der Waals surface area contributed by atoms with Gasteiger partial charge in [0.1, 0.15) is 0 Å². The van der Waals surface area contributed by atoms with E-state index in [9.17, 15) is 4.79 Å². The van der Waals surface area contributed by atoms with Crippen LogP contribution in [0.4, 0.5) is 0 Å². The SMILES string of the molecule is O=C(N[C@@H]1CCCC[C@@H]1c1ccc(Cl)cc1Cl)c1ccccc1Cl. The second kappa shape index (κ2) is 7.77. The zero-order valence-electron chi connectivity index (χ0n) is 13.1. The van der Waals surface area contributed by atoms with Gasteiger partial charge < -0.3 is 5.32 Å². The molecule has 1 amide bonds. The molecule has 0 aliphatic heterocycles. The van der Waals surface area contributed by atoms with E-state index in [4.69, 9.17) is 34.8 Å². The van der Waals surface area contributed by atoms with Crippen molar-refractivity contribution in [2.24, 2.45) is 0 Å². The highest BCUT2D eigenvalue weighted by atomic mass is 35.5. The van der Waals surface area contributed by atoms with E-state index in [0.29, 0.717) is 20.6 Å². The summed E-state index contributed by atoms with van der Waals surface area (Å²) in [6, 6.07) is 12.7. The lowest BCUT2D eigenvalue weighted by molar-refractivity contribution is 0.0921. The lowest BCUT2D eigenvalue weighted by atomic mass is 9.80. The molecule has 2 aromatic rings. The third kappa shape index (κ3) is 3.88. The smallest absolute Gasteiger partial charge is 0.253 e. The minimum atomic E-state index is -0.136. The molecule has 1 N–H and O–H groups in total. The fourth-order valence-electron chi connectivity index (χ4n) is 3.37. The number of hydrogen-bond donors (Lipinski definition) is 1. The van der Waals surface area contributed by atoms with E-state index in [1.165, 1.54) is 0 Å². The Labute approximate surface area is 157 Å². The number of amides is 1. The van der Waals surface area contributed by atoms with Crippen LogP contribution in [0.15, 0.2) is 42.5 Å². The summed E-state index contributed by atoms with van der Waals surface area (Å²) < 4.78 is 0. The van der Waals surface area contributed by atoms with Crippen molar-refractivity contribution in [3.05, 3.63) is 68.7 Å². The molecule has 5 heteroatoms. The van der Waals surface area contributed by atoms with Crippen LogP contribution in [0.1, 0.15) is 47.5 Å². The van der Waals surface area contributed by atoms with Gasteiger partial charge in [0.05, 0.1) is 10.6 Å². The Kier molecular flexibility index (Phi) is 5.70. The Balaban J connectivity index is 1.82. The van der Waals surface area contributed by atoms with Gasteiger partial charge in [-0.1, -0.05) is 65.8 Å². The molecule has 1 aliphatic carbocycles. The van der Waals surface area contributed by atoms with Gasteiger partial charge in [0, 0.05) is 22.0 Å². The van der Waals surface area contributed by atoms with Gasteiger partial charge in [0.25, 0.3) is 5.91 Å². The van der Waals surface area contributed by atoms with E-state index in [2.05, 4.69) is 5.32 Å². The van der Waals surface area contributed by atoms with Crippen molar-refractivity contribution in [2.75, 3.05) is 0 Å². The first kappa shape index (κ1) is 17.6. The second-order valence-electron chi connectivity index (χ2n) is 6.12. The number of nitrogens with one attached hydrogen (secondary N) is 1. The Bertz CT molecular complexity index is 747. The highest BCUT2D eigenvalue weighted by Gasteiger charge is 2.29. The van der Waals surface area contributed by atoms with Crippen LogP contribution in [0, 0.1) is 0 Å². The van der Waals surface area contributed by atoms with E-state index in [-0.39, 0.29) is 17.9 Å². The summed E-state index contributed by atoms with van der Waals surface area (Å²) in [6.07, 6.45) is 4.14. The molecule has 0 heterocycles. The molecule has 1 saturated carbocycles. The maximum absolute atomic E-state index is 12.6. The van der Waals surface area contributed by atoms with Gasteiger partial charge in [-0.15, -0.1) is 0 Å². The molecule has 0 aromatic heterocycles. The van der Waals surface area contributed by atoms with Crippen molar-refractivity contribution in [1.29, 1.82) is 0 Å². The molecule has 1 fully saturated rings. The number of halogens is 3. The van der Waals surface area contributed by atoms with Gasteiger partial charge in [-0.2, -0.15) is 0 Å². The zero-order valence-corrected chi connectivity index (χ0v) is 15.3. The molecule has 24 heavy (non-hydrogen) atoms. The Morgan fingerprint density at radius 1 is 0.958 bits per heavy atom. The van der Waals surface area contributed by atoms with Gasteiger partial charge in [-0.05, 0) is 42.7 Å². The van der Waals surface area contributed by atoms with Crippen molar-refractivity contribution >= 4 is 40.7 Å². The molecule has 0 saturated heterocycles. The number of carbonyl (C=O) groups excluding carboxylic acids is 1. The average Bonchev–Trinajstić information content (AvgIpc) is 2.56. The third-order valence-electron chi connectivity index (χ3n) is 4.56. The number of carbonyl (C=O) groups is 1. The van der Waals surface area contributed by atoms with Crippen LogP contribution in [0.25, 0.3) is 0 Å². The van der Waals surface area contributed by atoms with E-state index in [1.807, 2.05) is 24.3 Å². The fraction of sp³-hybridized carbons (Fsp3) is 0.316. The second-order valence-corrected chi connectivity index (χ2v) is 7.37. The van der Waals surface area contributed by atoms with E-state index >= 15 is 0 Å². The Morgan fingerprint density at radius 2 is 1.71 bits per heavy atom. The highest BCUT2D eigenvalue weighted by Crippen LogP contribution is 2.37. The predicted octanol–water partition coefficient (Wildman–Crippen LogP) is 6.10. The first-order chi connectivity index (χ1) is 11.6. The van der Waals surface area contributed by atoms with Crippen molar-refractivity contribution in [3.63, 3.8) is 0 Å². The summed E-state index contributed by atoms with van der Waals surface area (Å²) in [6.45, 7) is 0. The molecule has 3 rings (SSSR count). The average molecular weight is 383 g/mol. The molecule has 2 nitrogen and oxygen atoms in total. The molecule has 0 spiro atoms. The first-order valence-corrected chi connectivity index (χ1v) is 9.20. The minimum absolute atomic E-state index is 0.0428. The van der Waals surface area contributed by atoms with Crippen LogP contribution in [-0.2, 0) is 0 Å². The predicted molar refractivity (Wildman–Crippen MR) is 100 cm³/mol. The van der Waals surface area contributed by atoms with Crippen LogP contribution >= 0.6 is 34.8 Å². The molecule has 1 aliphatic rings. The fourth-order valence-corrected chi connectivity index (χ4v) is 4.14. The van der Waals surface area contributed by atoms with Crippen molar-refractivity contribution in [1.82, 2.24) is 5.32 Å². The van der Waals surface area contributed by atoms with Gasteiger partial charge in [0.15, 0.2) is 0 Å². The Hall–Kier alpha value is -1.22. The summed E-state index contributed by atoms with van der Waals surface area (Å²) in [5.41, 5.74) is 1.55. The van der Waals surface area contributed by atoms with E-state index < -0.39 is 0 Å². The number of hydrogen-bond acceptors (Lipinski definition) is 1. The monoisotopic (exact) mass is 381 g/mol. The zero-order chi connectivity index (χ0) is 17.1. The number of rotatable bonds is 3. The van der Waals surface area contributed by atoms with Gasteiger partial charge in [0.2, 0.25) is 0 Å². The van der Waals surface area contributed by atoms with Crippen molar-refractivity contribution < 1.29 is 4.79 Å². The lowest BCUT2D eigenvalue weighted by Gasteiger charge is -2.33. The van der Waals surface area contributed by atoms with E-state index in [1.54, 1.807) is 18.2 Å². The normalized spacial score (nSPS) is 20.6. The summed E-state index contributed by atoms with van der Waals surface area (Å²) in [4.78, 5) is 12.6. The molecule has 0 bridgehead atoms. The van der Waals surface area contributed by atoms with Gasteiger partial charge >= 0.3 is 0 Å². The summed E-state index contributed by atoms with van der Waals surface area (Å²) in [7, 11) is 0. The maximum atomic E-state index is 12.6. The van der Waals surface area contributed by atoms with Crippen molar-refractivity contribution in [3.8, 4) is 0 Å². The molecule has 126 valence electrons. The topological polar surface area (TPSA) is 29.1 Å². The number of benzene rings is 2. The summed E-state index contributed by atoms with van der Waals surface area (Å²) in [5, 5.41) is 4.90. The van der Waals surface area contributed by atoms with Crippen LogP contribution in [0.2, 0.25) is 15.1 Å².